The number of hydrogen-bond donors (Lipinski definition) is 3. The predicted molar refractivity (Wildman–Crippen MR) is 410 cm³/mol. The Morgan fingerprint density at radius 1 is 0.376 bits per heavy atom. The van der Waals surface area contributed by atoms with Gasteiger partial charge in [0.15, 0.2) is 0 Å². The quantitative estimate of drug-likeness (QED) is 0.0243. The van der Waals surface area contributed by atoms with Gasteiger partial charge in [0, 0.05) is 6.42 Å². The van der Waals surface area contributed by atoms with E-state index in [9.17, 15) is 19.4 Å². The highest BCUT2D eigenvalue weighted by molar-refractivity contribution is 7.47. The third kappa shape index (κ3) is 77.2. The van der Waals surface area contributed by atoms with Gasteiger partial charge in [0.2, 0.25) is 5.91 Å². The Balaban J connectivity index is 3.92. The van der Waals surface area contributed by atoms with Gasteiger partial charge in [-0.25, -0.2) is 4.57 Å². The number of phosphoric ester groups is 1. The van der Waals surface area contributed by atoms with Gasteiger partial charge >= 0.3 is 7.82 Å². The molecule has 546 valence electrons. The Morgan fingerprint density at radius 2 is 0.645 bits per heavy atom. The second-order valence-corrected chi connectivity index (χ2v) is 30.6. The predicted octanol–water partition coefficient (Wildman–Crippen LogP) is 26.8. The van der Waals surface area contributed by atoms with Crippen LogP contribution in [-0.2, 0) is 18.4 Å². The molecule has 3 atom stereocenters. The number of phosphoric acid groups is 1. The van der Waals surface area contributed by atoms with Gasteiger partial charge in [-0.05, 0) is 64.2 Å². The highest BCUT2D eigenvalue weighted by Crippen LogP contribution is 2.43. The molecule has 0 heterocycles. The summed E-state index contributed by atoms with van der Waals surface area (Å²) in [5.74, 6) is -0.169. The average Bonchev–Trinajstić information content (AvgIpc) is 2.75. The lowest BCUT2D eigenvalue weighted by Gasteiger charge is -2.25. The standard InChI is InChI=1S/C84H159N2O6P/c1-6-8-10-12-14-16-18-20-22-24-26-28-30-32-34-36-38-39-40-41-42-43-44-45-46-47-48-50-52-54-56-58-60-62-64-66-68-70-72-74-76-78-84(88)85-82(81-92-93(89,90)91-80-79-86(3,4)5)83(87)77-75-73-71-69-67-65-63-61-59-57-55-53-51-49-37-35-33-31-29-27-25-23-21-19-17-15-13-11-9-7-2/h8,10,14,16,20,22,26,28,32,34,75,77,82-83,87H,6-7,9,11-13,15,17-19,21,23-25,27,29-31,33,35-74,76,78-81H2,1-5H3,(H-,85,88,89,90)/p+1/b10-8-,16-14-,22-20-,28-26-,34-32-,77-75+. The molecule has 1 amide bonds. The van der Waals surface area contributed by atoms with Crippen molar-refractivity contribution in [2.24, 2.45) is 0 Å². The van der Waals surface area contributed by atoms with Crippen LogP contribution in [0.2, 0.25) is 0 Å². The summed E-state index contributed by atoms with van der Waals surface area (Å²) in [7, 11) is 1.59. The Labute approximate surface area is 580 Å². The third-order valence-corrected chi connectivity index (χ3v) is 19.7. The van der Waals surface area contributed by atoms with Crippen LogP contribution < -0.4 is 5.32 Å². The maximum atomic E-state index is 13.1. The molecule has 0 fully saturated rings. The number of unbranched alkanes of at least 4 members (excludes halogenated alkanes) is 53. The van der Waals surface area contributed by atoms with Gasteiger partial charge in [-0.15, -0.1) is 0 Å². The van der Waals surface area contributed by atoms with E-state index in [0.717, 1.165) is 64.2 Å². The van der Waals surface area contributed by atoms with Gasteiger partial charge in [0.05, 0.1) is 39.9 Å². The van der Waals surface area contributed by atoms with E-state index in [1.54, 1.807) is 6.08 Å². The summed E-state index contributed by atoms with van der Waals surface area (Å²) in [5, 5.41) is 14.1. The fraction of sp³-hybridized carbons (Fsp3) is 0.845. The molecule has 0 bridgehead atoms. The van der Waals surface area contributed by atoms with Crippen molar-refractivity contribution in [2.75, 3.05) is 40.9 Å². The molecule has 8 nitrogen and oxygen atoms in total. The van der Waals surface area contributed by atoms with Gasteiger partial charge < -0.3 is 19.8 Å². The zero-order valence-corrected chi connectivity index (χ0v) is 63.7. The molecule has 0 aromatic heterocycles. The first-order valence-corrected chi connectivity index (χ1v) is 42.3. The highest BCUT2D eigenvalue weighted by Gasteiger charge is 2.28. The molecule has 0 aromatic rings. The number of aliphatic hydroxyl groups is 1. The van der Waals surface area contributed by atoms with Crippen molar-refractivity contribution in [3.8, 4) is 0 Å². The first-order valence-electron chi connectivity index (χ1n) is 40.8. The largest absolute Gasteiger partial charge is 0.472 e. The molecule has 0 saturated carbocycles. The topological polar surface area (TPSA) is 105 Å². The van der Waals surface area contributed by atoms with E-state index in [-0.39, 0.29) is 19.1 Å². The lowest BCUT2D eigenvalue weighted by atomic mass is 10.0. The maximum Gasteiger partial charge on any atom is 0.472 e. The molecule has 0 aromatic carbocycles. The minimum atomic E-state index is -4.36. The number of nitrogens with one attached hydrogen (secondary N) is 1. The van der Waals surface area contributed by atoms with Crippen LogP contribution in [0.25, 0.3) is 0 Å². The lowest BCUT2D eigenvalue weighted by Crippen LogP contribution is -2.45. The molecule has 0 spiro atoms. The van der Waals surface area contributed by atoms with Gasteiger partial charge in [-0.2, -0.15) is 0 Å². The summed E-state index contributed by atoms with van der Waals surface area (Å²) in [6.45, 7) is 4.76. The highest BCUT2D eigenvalue weighted by atomic mass is 31.2. The van der Waals surface area contributed by atoms with Crippen molar-refractivity contribution in [1.82, 2.24) is 5.32 Å². The van der Waals surface area contributed by atoms with E-state index in [1.165, 1.54) is 321 Å². The summed E-state index contributed by atoms with van der Waals surface area (Å²) in [6, 6.07) is -0.849. The summed E-state index contributed by atoms with van der Waals surface area (Å²) in [6.07, 6.45) is 105. The zero-order valence-electron chi connectivity index (χ0n) is 62.8. The fourth-order valence-electron chi connectivity index (χ4n) is 12.4. The van der Waals surface area contributed by atoms with Crippen molar-refractivity contribution in [3.05, 3.63) is 72.9 Å². The summed E-state index contributed by atoms with van der Waals surface area (Å²) < 4.78 is 23.9. The molecule has 0 radical (unpaired) electrons. The van der Waals surface area contributed by atoms with E-state index >= 15 is 0 Å². The first kappa shape index (κ1) is 90.9. The van der Waals surface area contributed by atoms with Crippen LogP contribution in [0.5, 0.6) is 0 Å². The molecule has 3 unspecified atom stereocenters. The van der Waals surface area contributed by atoms with Crippen LogP contribution in [0.1, 0.15) is 406 Å². The molecule has 93 heavy (non-hydrogen) atoms. The molecule has 3 N–H and O–H groups in total. The van der Waals surface area contributed by atoms with E-state index in [0.29, 0.717) is 17.4 Å². The van der Waals surface area contributed by atoms with Crippen molar-refractivity contribution < 1.29 is 32.9 Å². The number of likely N-dealkylation sites (N-methyl/N-ethyl adjacent to an activating group) is 1. The van der Waals surface area contributed by atoms with Crippen molar-refractivity contribution in [3.63, 3.8) is 0 Å². The molecule has 0 rings (SSSR count). The molecule has 0 aliphatic carbocycles. The first-order chi connectivity index (χ1) is 45.5. The van der Waals surface area contributed by atoms with Crippen molar-refractivity contribution >= 4 is 13.7 Å². The van der Waals surface area contributed by atoms with Gasteiger partial charge in [-0.1, -0.05) is 408 Å². The zero-order chi connectivity index (χ0) is 67.6. The number of allylic oxidation sites excluding steroid dienone is 11. The number of quaternary nitrogens is 1. The summed E-state index contributed by atoms with van der Waals surface area (Å²) in [4.78, 5) is 23.5. The molecule has 0 aliphatic rings. The van der Waals surface area contributed by atoms with Gasteiger partial charge in [0.1, 0.15) is 13.2 Å². The number of carbonyl (C=O) groups excluding carboxylic acids is 1. The van der Waals surface area contributed by atoms with E-state index in [2.05, 4.69) is 79.9 Å². The smallest absolute Gasteiger partial charge is 0.387 e. The number of carbonyl (C=O) groups is 1. The van der Waals surface area contributed by atoms with Crippen molar-refractivity contribution in [2.45, 2.75) is 418 Å². The van der Waals surface area contributed by atoms with E-state index in [1.807, 2.05) is 27.2 Å². The maximum absolute atomic E-state index is 13.1. The second kappa shape index (κ2) is 74.2. The Morgan fingerprint density at radius 3 is 0.946 bits per heavy atom. The Hall–Kier alpha value is -2.06. The van der Waals surface area contributed by atoms with Crippen LogP contribution >= 0.6 is 7.82 Å². The molecule has 9 heteroatoms. The van der Waals surface area contributed by atoms with Crippen LogP contribution in [0, 0.1) is 0 Å². The molecular formula is C84H160N2O6P+. The van der Waals surface area contributed by atoms with E-state index < -0.39 is 20.0 Å². The summed E-state index contributed by atoms with van der Waals surface area (Å²) >= 11 is 0. The number of amides is 1. The normalized spacial score (nSPS) is 13.8. The average molecular weight is 1330 g/mol. The number of hydrogen-bond acceptors (Lipinski definition) is 5. The van der Waals surface area contributed by atoms with Crippen LogP contribution in [0.3, 0.4) is 0 Å². The van der Waals surface area contributed by atoms with Crippen molar-refractivity contribution in [1.29, 1.82) is 0 Å². The van der Waals surface area contributed by atoms with Crippen LogP contribution in [0.4, 0.5) is 0 Å². The lowest BCUT2D eigenvalue weighted by molar-refractivity contribution is -0.870. The van der Waals surface area contributed by atoms with Crippen LogP contribution in [-0.4, -0.2) is 73.4 Å². The molecule has 0 saturated heterocycles. The monoisotopic (exact) mass is 1320 g/mol. The van der Waals surface area contributed by atoms with E-state index in [4.69, 9.17) is 9.05 Å². The second-order valence-electron chi connectivity index (χ2n) is 29.1. The van der Waals surface area contributed by atoms with Crippen LogP contribution in [0.15, 0.2) is 72.9 Å². The van der Waals surface area contributed by atoms with Gasteiger partial charge in [-0.3, -0.25) is 13.8 Å². The third-order valence-electron chi connectivity index (χ3n) is 18.7. The fourth-order valence-corrected chi connectivity index (χ4v) is 13.2. The minimum Gasteiger partial charge on any atom is -0.387 e. The SMILES string of the molecule is CC/C=C\C/C=C\C/C=C\C/C=C\C/C=C\CCCCCCCCCCCCCCCCCCCCCCCCCCCC(=O)NC(COP(=O)(O)OCC[N+](C)(C)C)C(O)/C=C/CCCCCCCCCCCCCCCCCCCCCCCCCCCCCC. The molecule has 0 aliphatic heterocycles. The van der Waals surface area contributed by atoms with Gasteiger partial charge in [0.25, 0.3) is 0 Å². The Bertz CT molecular complexity index is 1750. The number of nitrogens with zero attached hydrogens (tertiary/aromatic N) is 1. The number of rotatable bonds is 76. The number of aliphatic hydroxyl groups excluding tert-OH is 1. The summed E-state index contributed by atoms with van der Waals surface area (Å²) in [5.41, 5.74) is 0. The minimum absolute atomic E-state index is 0.0629. The molecular weight excluding hydrogens is 1160 g/mol. The Kier molecular flexibility index (Phi) is 72.5.